The average Bonchev–Trinajstić information content (AvgIpc) is 2.40. The molecule has 0 saturated heterocycles. The highest BCUT2D eigenvalue weighted by atomic mass is 79.9. The Morgan fingerprint density at radius 2 is 1.90 bits per heavy atom. The smallest absolute Gasteiger partial charge is 0.348 e. The van der Waals surface area contributed by atoms with E-state index in [0.717, 1.165) is 31.7 Å². The molecule has 0 spiro atoms. The van der Waals surface area contributed by atoms with E-state index in [-0.39, 0.29) is 20.9 Å². The lowest BCUT2D eigenvalue weighted by atomic mass is 9.95. The Labute approximate surface area is 137 Å². The molecule has 1 aliphatic rings. The van der Waals surface area contributed by atoms with Gasteiger partial charge in [0.1, 0.15) is 0 Å². The monoisotopic (exact) mass is 427 g/mol. The van der Waals surface area contributed by atoms with Crippen LogP contribution in [0.5, 0.6) is 0 Å². The van der Waals surface area contributed by atoms with E-state index in [1.54, 1.807) is 0 Å². The van der Waals surface area contributed by atoms with Crippen LogP contribution >= 0.6 is 31.9 Å². The highest BCUT2D eigenvalue weighted by molar-refractivity contribution is 9.10. The first-order valence-electron chi connectivity index (χ1n) is 6.60. The highest BCUT2D eigenvalue weighted by Gasteiger charge is 2.34. The Hall–Kier alpha value is -0.560. The van der Waals surface area contributed by atoms with Crippen molar-refractivity contribution in [2.24, 2.45) is 0 Å². The zero-order chi connectivity index (χ0) is 15.6. The SMILES string of the molecule is O=C(NC1CCCCC1Br)c1ccc(Br)c(C(F)(F)F)c1. The van der Waals surface area contributed by atoms with Crippen LogP contribution in [-0.2, 0) is 6.18 Å². The molecule has 2 atom stereocenters. The topological polar surface area (TPSA) is 29.1 Å². The van der Waals surface area contributed by atoms with Crippen molar-refractivity contribution in [1.82, 2.24) is 5.32 Å². The number of nitrogens with one attached hydrogen (secondary N) is 1. The Balaban J connectivity index is 2.16. The van der Waals surface area contributed by atoms with E-state index < -0.39 is 17.6 Å². The van der Waals surface area contributed by atoms with Crippen LogP contribution in [0.3, 0.4) is 0 Å². The second kappa shape index (κ2) is 6.69. The summed E-state index contributed by atoms with van der Waals surface area (Å²) in [7, 11) is 0. The maximum Gasteiger partial charge on any atom is 0.417 e. The summed E-state index contributed by atoms with van der Waals surface area (Å²) in [5, 5.41) is 2.81. The van der Waals surface area contributed by atoms with Crippen LogP contribution in [0.2, 0.25) is 0 Å². The first-order valence-corrected chi connectivity index (χ1v) is 8.31. The van der Waals surface area contributed by atoms with Crippen molar-refractivity contribution in [3.05, 3.63) is 33.8 Å². The van der Waals surface area contributed by atoms with Gasteiger partial charge in [-0.2, -0.15) is 13.2 Å². The number of carbonyl (C=O) groups is 1. The van der Waals surface area contributed by atoms with Gasteiger partial charge in [-0.05, 0) is 31.0 Å². The van der Waals surface area contributed by atoms with E-state index in [1.165, 1.54) is 12.1 Å². The molecule has 116 valence electrons. The molecule has 2 rings (SSSR count). The predicted molar refractivity (Wildman–Crippen MR) is 81.6 cm³/mol. The lowest BCUT2D eigenvalue weighted by Crippen LogP contribution is -2.42. The summed E-state index contributed by atoms with van der Waals surface area (Å²) in [4.78, 5) is 12.3. The number of carbonyl (C=O) groups excluding carboxylic acids is 1. The number of halogens is 5. The number of alkyl halides is 4. The Morgan fingerprint density at radius 3 is 2.52 bits per heavy atom. The summed E-state index contributed by atoms with van der Waals surface area (Å²) in [6.45, 7) is 0. The normalized spacial score (nSPS) is 22.9. The lowest BCUT2D eigenvalue weighted by Gasteiger charge is -2.28. The lowest BCUT2D eigenvalue weighted by molar-refractivity contribution is -0.138. The molecule has 2 unspecified atom stereocenters. The van der Waals surface area contributed by atoms with E-state index in [0.29, 0.717) is 0 Å². The van der Waals surface area contributed by atoms with Crippen LogP contribution in [0.25, 0.3) is 0 Å². The van der Waals surface area contributed by atoms with Crippen molar-refractivity contribution in [1.29, 1.82) is 0 Å². The van der Waals surface area contributed by atoms with Gasteiger partial charge in [-0.1, -0.05) is 44.7 Å². The molecular formula is C14H14Br2F3NO. The molecule has 1 aromatic carbocycles. The first kappa shape index (κ1) is 16.8. The number of hydrogen-bond acceptors (Lipinski definition) is 1. The molecule has 1 amide bonds. The van der Waals surface area contributed by atoms with Crippen molar-refractivity contribution >= 4 is 37.8 Å². The fraction of sp³-hybridized carbons (Fsp3) is 0.500. The van der Waals surface area contributed by atoms with Crippen LogP contribution in [0.15, 0.2) is 22.7 Å². The fourth-order valence-corrected chi connectivity index (χ4v) is 3.58. The number of benzene rings is 1. The van der Waals surface area contributed by atoms with Gasteiger partial charge >= 0.3 is 6.18 Å². The van der Waals surface area contributed by atoms with Gasteiger partial charge in [0.25, 0.3) is 5.91 Å². The van der Waals surface area contributed by atoms with Crippen molar-refractivity contribution in [3.8, 4) is 0 Å². The zero-order valence-electron chi connectivity index (χ0n) is 11.0. The van der Waals surface area contributed by atoms with Gasteiger partial charge in [-0.15, -0.1) is 0 Å². The van der Waals surface area contributed by atoms with Crippen molar-refractivity contribution in [2.75, 3.05) is 0 Å². The fourth-order valence-electron chi connectivity index (χ4n) is 2.38. The molecule has 7 heteroatoms. The maximum absolute atomic E-state index is 12.8. The van der Waals surface area contributed by atoms with E-state index in [4.69, 9.17) is 0 Å². The van der Waals surface area contributed by atoms with Crippen molar-refractivity contribution in [3.63, 3.8) is 0 Å². The molecule has 0 radical (unpaired) electrons. The summed E-state index contributed by atoms with van der Waals surface area (Å²) in [5.41, 5.74) is -0.815. The second-order valence-corrected chi connectivity index (χ2v) is 7.10. The largest absolute Gasteiger partial charge is 0.417 e. The van der Waals surface area contributed by atoms with Crippen LogP contribution < -0.4 is 5.32 Å². The third-order valence-electron chi connectivity index (χ3n) is 3.53. The summed E-state index contributed by atoms with van der Waals surface area (Å²) >= 11 is 6.38. The highest BCUT2D eigenvalue weighted by Crippen LogP contribution is 2.35. The van der Waals surface area contributed by atoms with Crippen molar-refractivity contribution < 1.29 is 18.0 Å². The standard InChI is InChI=1S/C14H14Br2F3NO/c15-10-6-5-8(7-9(10)14(17,18)19)13(21)20-12-4-2-1-3-11(12)16/h5-7,11-12H,1-4H2,(H,20,21). The van der Waals surface area contributed by atoms with E-state index in [1.807, 2.05) is 0 Å². The van der Waals surface area contributed by atoms with Gasteiger partial charge in [-0.25, -0.2) is 0 Å². The van der Waals surface area contributed by atoms with Gasteiger partial charge in [0, 0.05) is 20.9 Å². The molecule has 1 aliphatic carbocycles. The van der Waals surface area contributed by atoms with Gasteiger partial charge in [0.15, 0.2) is 0 Å². The summed E-state index contributed by atoms with van der Waals surface area (Å²) in [5.74, 6) is -0.468. The number of hydrogen-bond donors (Lipinski definition) is 1. The number of amides is 1. The Morgan fingerprint density at radius 1 is 1.24 bits per heavy atom. The van der Waals surface area contributed by atoms with E-state index in [9.17, 15) is 18.0 Å². The molecule has 1 fully saturated rings. The minimum Gasteiger partial charge on any atom is -0.348 e. The summed E-state index contributed by atoms with van der Waals surface area (Å²) in [6, 6.07) is 3.49. The number of rotatable bonds is 2. The molecule has 1 saturated carbocycles. The van der Waals surface area contributed by atoms with Gasteiger partial charge in [-0.3, -0.25) is 4.79 Å². The molecular weight excluding hydrogens is 415 g/mol. The summed E-state index contributed by atoms with van der Waals surface area (Å²) < 4.78 is 38.5. The first-order chi connectivity index (χ1) is 9.79. The molecule has 0 bridgehead atoms. The second-order valence-electron chi connectivity index (χ2n) is 5.07. The quantitative estimate of drug-likeness (QED) is 0.666. The molecule has 1 N–H and O–H groups in total. The minimum atomic E-state index is -4.49. The minimum absolute atomic E-state index is 0.0239. The van der Waals surface area contributed by atoms with Gasteiger partial charge in [0.05, 0.1) is 5.56 Å². The average molecular weight is 429 g/mol. The van der Waals surface area contributed by atoms with Crippen LogP contribution in [0.4, 0.5) is 13.2 Å². The van der Waals surface area contributed by atoms with Crippen molar-refractivity contribution in [2.45, 2.75) is 42.7 Å². The predicted octanol–water partition coefficient (Wildman–Crippen LogP) is 4.90. The Kier molecular flexibility index (Phi) is 5.35. The van der Waals surface area contributed by atoms with Gasteiger partial charge in [0.2, 0.25) is 0 Å². The molecule has 0 heterocycles. The van der Waals surface area contributed by atoms with E-state index >= 15 is 0 Å². The van der Waals surface area contributed by atoms with Gasteiger partial charge < -0.3 is 5.32 Å². The Bertz CT molecular complexity index is 533. The third kappa shape index (κ3) is 4.22. The molecule has 0 aliphatic heterocycles. The van der Waals surface area contributed by atoms with Crippen LogP contribution in [-0.4, -0.2) is 16.8 Å². The maximum atomic E-state index is 12.8. The molecule has 2 nitrogen and oxygen atoms in total. The molecule has 21 heavy (non-hydrogen) atoms. The van der Waals surface area contributed by atoms with Crippen LogP contribution in [0, 0.1) is 0 Å². The van der Waals surface area contributed by atoms with E-state index in [2.05, 4.69) is 37.2 Å². The van der Waals surface area contributed by atoms with Crippen LogP contribution in [0.1, 0.15) is 41.6 Å². The molecule has 0 aromatic heterocycles. The third-order valence-corrected chi connectivity index (χ3v) is 5.32. The zero-order valence-corrected chi connectivity index (χ0v) is 14.2. The molecule has 1 aromatic rings. The summed E-state index contributed by atoms with van der Waals surface area (Å²) in [6.07, 6.45) is -0.582.